The second-order valence-corrected chi connectivity index (χ2v) is 6.18. The van der Waals surface area contributed by atoms with Crippen LogP contribution in [0.2, 0.25) is 0 Å². The van der Waals surface area contributed by atoms with Crippen molar-refractivity contribution >= 4 is 11.9 Å². The highest BCUT2D eigenvalue weighted by Gasteiger charge is 2.18. The van der Waals surface area contributed by atoms with Crippen LogP contribution in [0.4, 0.5) is 5.95 Å². The molecule has 5 N–H and O–H groups in total. The summed E-state index contributed by atoms with van der Waals surface area (Å²) >= 11 is 0. The van der Waals surface area contributed by atoms with Crippen LogP contribution in [0, 0.1) is 0 Å². The molecule has 1 unspecified atom stereocenters. The number of carbonyl (C=O) groups is 1. The number of aromatic nitrogens is 3. The molecule has 0 saturated carbocycles. The summed E-state index contributed by atoms with van der Waals surface area (Å²) in [6.07, 6.45) is 3.22. The number of benzene rings is 1. The highest BCUT2D eigenvalue weighted by atomic mass is 16.3. The zero-order valence-electron chi connectivity index (χ0n) is 15.5. The van der Waals surface area contributed by atoms with E-state index in [1.54, 1.807) is 18.5 Å². The number of nitrogens with one attached hydrogen (secondary N) is 3. The van der Waals surface area contributed by atoms with Gasteiger partial charge in [0.2, 0.25) is 5.95 Å². The van der Waals surface area contributed by atoms with Crippen LogP contribution in [-0.2, 0) is 6.61 Å². The van der Waals surface area contributed by atoms with Gasteiger partial charge in [0, 0.05) is 30.1 Å². The van der Waals surface area contributed by atoms with E-state index in [2.05, 4.69) is 25.6 Å². The molecule has 3 aromatic rings. The highest BCUT2D eigenvalue weighted by Crippen LogP contribution is 2.24. The summed E-state index contributed by atoms with van der Waals surface area (Å²) in [7, 11) is 0. The van der Waals surface area contributed by atoms with E-state index >= 15 is 0 Å². The molecule has 0 saturated heterocycles. The molecule has 1 amide bonds. The van der Waals surface area contributed by atoms with Crippen molar-refractivity contribution in [2.45, 2.75) is 19.6 Å². The van der Waals surface area contributed by atoms with Gasteiger partial charge in [-0.1, -0.05) is 30.3 Å². The number of hydrogen-bond donors (Lipinski definition) is 5. The van der Waals surface area contributed by atoms with Gasteiger partial charge in [-0.2, -0.15) is 0 Å². The Kier molecular flexibility index (Phi) is 6.36. The molecular weight excluding hydrogens is 358 g/mol. The van der Waals surface area contributed by atoms with Crippen LogP contribution in [0.3, 0.4) is 0 Å². The van der Waals surface area contributed by atoms with Gasteiger partial charge in [-0.3, -0.25) is 4.79 Å². The minimum Gasteiger partial charge on any atom is -0.394 e. The summed E-state index contributed by atoms with van der Waals surface area (Å²) in [5.74, 6) is 0.104. The Balaban J connectivity index is 1.82. The topological polar surface area (TPSA) is 123 Å². The van der Waals surface area contributed by atoms with Crippen LogP contribution in [0.5, 0.6) is 0 Å². The summed E-state index contributed by atoms with van der Waals surface area (Å²) in [4.78, 5) is 24.1. The molecule has 146 valence electrons. The number of H-pyrrole nitrogens is 1. The Labute approximate surface area is 162 Å². The number of anilines is 1. The number of nitrogens with zero attached hydrogens (tertiary/aromatic N) is 2. The predicted octanol–water partition coefficient (Wildman–Crippen LogP) is 1.86. The van der Waals surface area contributed by atoms with Crippen LogP contribution in [0.25, 0.3) is 11.3 Å². The number of aliphatic hydroxyl groups excluding tert-OH is 2. The Morgan fingerprint density at radius 3 is 2.71 bits per heavy atom. The van der Waals surface area contributed by atoms with Crippen molar-refractivity contribution < 1.29 is 15.0 Å². The van der Waals surface area contributed by atoms with Crippen molar-refractivity contribution in [3.8, 4) is 11.3 Å². The first-order chi connectivity index (χ1) is 13.7. The first-order valence-corrected chi connectivity index (χ1v) is 9.02. The molecule has 0 bridgehead atoms. The molecular formula is C20H23N5O3. The van der Waals surface area contributed by atoms with Gasteiger partial charge in [0.25, 0.3) is 5.91 Å². The van der Waals surface area contributed by atoms with Gasteiger partial charge in [0.05, 0.1) is 24.9 Å². The first-order valence-electron chi connectivity index (χ1n) is 9.02. The Hall–Kier alpha value is -3.23. The minimum absolute atomic E-state index is 0.212. The van der Waals surface area contributed by atoms with Crippen LogP contribution in [-0.4, -0.2) is 44.2 Å². The Morgan fingerprint density at radius 1 is 1.25 bits per heavy atom. The number of rotatable bonds is 8. The molecule has 0 spiro atoms. The summed E-state index contributed by atoms with van der Waals surface area (Å²) < 4.78 is 0. The lowest BCUT2D eigenvalue weighted by Crippen LogP contribution is -2.30. The smallest absolute Gasteiger partial charge is 0.268 e. The third-order valence-electron chi connectivity index (χ3n) is 4.26. The van der Waals surface area contributed by atoms with Gasteiger partial charge >= 0.3 is 0 Å². The SMILES string of the molecule is CCNc1ncc(CO)c(-c2c[nH]c(C(=O)NC(CO)c3ccccc3)c2)n1. The van der Waals surface area contributed by atoms with Crippen molar-refractivity contribution in [2.24, 2.45) is 0 Å². The zero-order valence-corrected chi connectivity index (χ0v) is 15.5. The van der Waals surface area contributed by atoms with E-state index in [1.807, 2.05) is 37.3 Å². The summed E-state index contributed by atoms with van der Waals surface area (Å²) in [6.45, 7) is 2.18. The minimum atomic E-state index is -0.507. The lowest BCUT2D eigenvalue weighted by atomic mass is 10.1. The molecule has 8 nitrogen and oxygen atoms in total. The number of amides is 1. The van der Waals surface area contributed by atoms with Crippen LogP contribution < -0.4 is 10.6 Å². The summed E-state index contributed by atoms with van der Waals surface area (Å²) in [5.41, 5.74) is 2.92. The number of carbonyl (C=O) groups excluding carboxylic acids is 1. The van der Waals surface area contributed by atoms with E-state index < -0.39 is 6.04 Å². The monoisotopic (exact) mass is 381 g/mol. The highest BCUT2D eigenvalue weighted by molar-refractivity contribution is 5.94. The van der Waals surface area contributed by atoms with Crippen LogP contribution in [0.15, 0.2) is 48.8 Å². The van der Waals surface area contributed by atoms with Gasteiger partial charge < -0.3 is 25.8 Å². The van der Waals surface area contributed by atoms with E-state index in [0.717, 1.165) is 5.56 Å². The van der Waals surface area contributed by atoms with E-state index in [1.165, 1.54) is 0 Å². The fraction of sp³-hybridized carbons (Fsp3) is 0.250. The van der Waals surface area contributed by atoms with Crippen molar-refractivity contribution in [1.82, 2.24) is 20.3 Å². The molecule has 0 radical (unpaired) electrons. The van der Waals surface area contributed by atoms with E-state index in [0.29, 0.717) is 35.0 Å². The van der Waals surface area contributed by atoms with Crippen LogP contribution >= 0.6 is 0 Å². The zero-order chi connectivity index (χ0) is 19.9. The second-order valence-electron chi connectivity index (χ2n) is 6.18. The van der Waals surface area contributed by atoms with Gasteiger partial charge in [0.15, 0.2) is 0 Å². The van der Waals surface area contributed by atoms with Crippen molar-refractivity contribution in [1.29, 1.82) is 0 Å². The molecule has 1 aromatic carbocycles. The maximum absolute atomic E-state index is 12.6. The average Bonchev–Trinajstić information content (AvgIpc) is 3.23. The predicted molar refractivity (Wildman–Crippen MR) is 106 cm³/mol. The fourth-order valence-corrected chi connectivity index (χ4v) is 2.83. The van der Waals surface area contributed by atoms with E-state index in [9.17, 15) is 15.0 Å². The van der Waals surface area contributed by atoms with Crippen molar-refractivity contribution in [3.63, 3.8) is 0 Å². The average molecular weight is 381 g/mol. The van der Waals surface area contributed by atoms with Gasteiger partial charge in [-0.05, 0) is 18.6 Å². The molecule has 0 aliphatic heterocycles. The third-order valence-corrected chi connectivity index (χ3v) is 4.26. The lowest BCUT2D eigenvalue weighted by molar-refractivity contribution is 0.0912. The number of hydrogen-bond acceptors (Lipinski definition) is 6. The van der Waals surface area contributed by atoms with Crippen molar-refractivity contribution in [2.75, 3.05) is 18.5 Å². The molecule has 0 aliphatic carbocycles. The molecule has 8 heteroatoms. The summed E-state index contributed by atoms with van der Waals surface area (Å²) in [6, 6.07) is 10.4. The maximum Gasteiger partial charge on any atom is 0.268 e. The van der Waals surface area contributed by atoms with Gasteiger partial charge in [-0.15, -0.1) is 0 Å². The molecule has 0 aliphatic rings. The maximum atomic E-state index is 12.6. The normalized spacial score (nSPS) is 11.8. The second kappa shape index (κ2) is 9.12. The Morgan fingerprint density at radius 2 is 2.04 bits per heavy atom. The molecule has 3 rings (SSSR count). The standard InChI is InChI=1S/C20H23N5O3/c1-2-21-20-23-10-15(11-26)18(25-20)14-8-16(22-9-14)19(28)24-17(12-27)13-6-4-3-5-7-13/h3-10,17,22,26-27H,2,11-12H2,1H3,(H,24,28)(H,21,23,25). The van der Waals surface area contributed by atoms with Gasteiger partial charge in [-0.25, -0.2) is 9.97 Å². The van der Waals surface area contributed by atoms with Crippen LogP contribution in [0.1, 0.15) is 34.6 Å². The van der Waals surface area contributed by atoms with Crippen molar-refractivity contribution in [3.05, 3.63) is 65.6 Å². The van der Waals surface area contributed by atoms with E-state index in [4.69, 9.17) is 0 Å². The first kappa shape index (κ1) is 19.5. The summed E-state index contributed by atoms with van der Waals surface area (Å²) in [5, 5.41) is 25.0. The van der Waals surface area contributed by atoms with Gasteiger partial charge in [0.1, 0.15) is 5.69 Å². The molecule has 2 heterocycles. The largest absolute Gasteiger partial charge is 0.394 e. The lowest BCUT2D eigenvalue weighted by Gasteiger charge is -2.16. The molecule has 2 aromatic heterocycles. The quantitative estimate of drug-likeness (QED) is 0.406. The molecule has 1 atom stereocenters. The number of aromatic amines is 1. The van der Waals surface area contributed by atoms with E-state index in [-0.39, 0.29) is 19.1 Å². The molecule has 0 fully saturated rings. The number of aliphatic hydroxyl groups is 2. The Bertz CT molecular complexity index is 927. The fourth-order valence-electron chi connectivity index (χ4n) is 2.83. The third kappa shape index (κ3) is 4.36. The molecule has 28 heavy (non-hydrogen) atoms.